The van der Waals surface area contributed by atoms with Crippen LogP contribution in [0.15, 0.2) is 18.2 Å². The van der Waals surface area contributed by atoms with Crippen molar-refractivity contribution in [2.24, 2.45) is 0 Å². The highest BCUT2D eigenvalue weighted by molar-refractivity contribution is 5.79. The van der Waals surface area contributed by atoms with Crippen molar-refractivity contribution >= 4 is 5.97 Å². The molecular weight excluding hydrogens is 242 g/mol. The Kier molecular flexibility index (Phi) is 3.80. The second-order valence-corrected chi connectivity index (χ2v) is 5.42. The summed E-state index contributed by atoms with van der Waals surface area (Å²) in [6.07, 6.45) is 2.01. The standard InChI is InChI=1S/C15H21NO3/c1-15(2,14(17)19-4)16-13-8-6-10-5-7-11(18-3)9-12(10)13/h5,7,9,13,16H,6,8H2,1-4H3. The lowest BCUT2D eigenvalue weighted by atomic mass is 10.0. The fourth-order valence-electron chi connectivity index (χ4n) is 2.61. The van der Waals surface area contributed by atoms with Crippen LogP contribution in [0.2, 0.25) is 0 Å². The van der Waals surface area contributed by atoms with Crippen molar-refractivity contribution in [3.8, 4) is 5.75 Å². The molecule has 1 aliphatic carbocycles. The normalized spacial score (nSPS) is 18.0. The molecule has 0 radical (unpaired) electrons. The van der Waals surface area contributed by atoms with Gasteiger partial charge in [-0.05, 0) is 49.9 Å². The van der Waals surface area contributed by atoms with Crippen molar-refractivity contribution < 1.29 is 14.3 Å². The Morgan fingerprint density at radius 2 is 2.11 bits per heavy atom. The maximum atomic E-state index is 11.7. The summed E-state index contributed by atoms with van der Waals surface area (Å²) in [5.74, 6) is 0.604. The molecule has 0 heterocycles. The Labute approximate surface area is 114 Å². The highest BCUT2D eigenvalue weighted by atomic mass is 16.5. The molecular formula is C15H21NO3. The lowest BCUT2D eigenvalue weighted by molar-refractivity contribution is -0.147. The summed E-state index contributed by atoms with van der Waals surface area (Å²) in [6, 6.07) is 6.29. The summed E-state index contributed by atoms with van der Waals surface area (Å²) in [4.78, 5) is 11.7. The fraction of sp³-hybridized carbons (Fsp3) is 0.533. The van der Waals surface area contributed by atoms with Crippen LogP contribution in [0.3, 0.4) is 0 Å². The molecule has 19 heavy (non-hydrogen) atoms. The van der Waals surface area contributed by atoms with E-state index >= 15 is 0 Å². The molecule has 4 nitrogen and oxygen atoms in total. The van der Waals surface area contributed by atoms with Crippen LogP contribution in [0.1, 0.15) is 37.4 Å². The zero-order chi connectivity index (χ0) is 14.0. The molecule has 104 valence electrons. The molecule has 0 spiro atoms. The molecule has 1 aromatic rings. The number of esters is 1. The lowest BCUT2D eigenvalue weighted by Crippen LogP contribution is -2.48. The van der Waals surface area contributed by atoms with E-state index in [-0.39, 0.29) is 12.0 Å². The first-order valence-electron chi connectivity index (χ1n) is 6.51. The van der Waals surface area contributed by atoms with E-state index in [1.807, 2.05) is 26.0 Å². The van der Waals surface area contributed by atoms with Crippen molar-refractivity contribution in [1.82, 2.24) is 5.32 Å². The van der Waals surface area contributed by atoms with Gasteiger partial charge >= 0.3 is 5.97 Å². The predicted molar refractivity (Wildman–Crippen MR) is 73.3 cm³/mol. The number of hydrogen-bond acceptors (Lipinski definition) is 4. The van der Waals surface area contributed by atoms with E-state index in [4.69, 9.17) is 9.47 Å². The van der Waals surface area contributed by atoms with Gasteiger partial charge in [-0.1, -0.05) is 6.07 Å². The van der Waals surface area contributed by atoms with Crippen LogP contribution in [0.4, 0.5) is 0 Å². The summed E-state index contributed by atoms with van der Waals surface area (Å²) < 4.78 is 10.1. The quantitative estimate of drug-likeness (QED) is 0.846. The maximum absolute atomic E-state index is 11.7. The third-order valence-corrected chi connectivity index (χ3v) is 3.66. The molecule has 0 amide bonds. The van der Waals surface area contributed by atoms with E-state index < -0.39 is 5.54 Å². The Morgan fingerprint density at radius 1 is 1.37 bits per heavy atom. The minimum absolute atomic E-state index is 0.166. The molecule has 1 N–H and O–H groups in total. The molecule has 0 bridgehead atoms. The van der Waals surface area contributed by atoms with E-state index in [2.05, 4.69) is 11.4 Å². The SMILES string of the molecule is COC(=O)C(C)(C)NC1CCc2ccc(OC)cc21. The van der Waals surface area contributed by atoms with Gasteiger partial charge in [-0.2, -0.15) is 0 Å². The number of benzene rings is 1. The van der Waals surface area contributed by atoms with Crippen molar-refractivity contribution in [2.45, 2.75) is 38.3 Å². The average molecular weight is 263 g/mol. The molecule has 1 aromatic carbocycles. The van der Waals surface area contributed by atoms with Gasteiger partial charge in [-0.15, -0.1) is 0 Å². The zero-order valence-corrected chi connectivity index (χ0v) is 11.9. The molecule has 0 saturated carbocycles. The Hall–Kier alpha value is -1.55. The minimum Gasteiger partial charge on any atom is -0.497 e. The van der Waals surface area contributed by atoms with Gasteiger partial charge in [0.1, 0.15) is 11.3 Å². The van der Waals surface area contributed by atoms with E-state index in [1.165, 1.54) is 18.2 Å². The highest BCUT2D eigenvalue weighted by Gasteiger charge is 2.34. The predicted octanol–water partition coefficient (Wildman–Crippen LogP) is 2.22. The molecule has 2 rings (SSSR count). The van der Waals surface area contributed by atoms with E-state index in [0.717, 1.165) is 18.6 Å². The van der Waals surface area contributed by atoms with Gasteiger partial charge in [0.25, 0.3) is 0 Å². The molecule has 1 unspecified atom stereocenters. The van der Waals surface area contributed by atoms with Crippen LogP contribution in [-0.2, 0) is 16.0 Å². The second-order valence-electron chi connectivity index (χ2n) is 5.42. The molecule has 1 atom stereocenters. The molecule has 0 aromatic heterocycles. The number of carbonyl (C=O) groups excluding carboxylic acids is 1. The minimum atomic E-state index is -0.690. The van der Waals surface area contributed by atoms with Crippen LogP contribution < -0.4 is 10.1 Å². The molecule has 4 heteroatoms. The number of methoxy groups -OCH3 is 2. The van der Waals surface area contributed by atoms with Crippen molar-refractivity contribution in [2.75, 3.05) is 14.2 Å². The van der Waals surface area contributed by atoms with Gasteiger partial charge in [0.15, 0.2) is 0 Å². The molecule has 0 aliphatic heterocycles. The van der Waals surface area contributed by atoms with Crippen LogP contribution in [0.25, 0.3) is 0 Å². The second kappa shape index (κ2) is 5.21. The van der Waals surface area contributed by atoms with Crippen molar-refractivity contribution in [3.63, 3.8) is 0 Å². The third kappa shape index (κ3) is 2.73. The van der Waals surface area contributed by atoms with Crippen LogP contribution in [0.5, 0.6) is 5.75 Å². The summed E-state index contributed by atoms with van der Waals surface area (Å²) in [6.45, 7) is 3.69. The maximum Gasteiger partial charge on any atom is 0.325 e. The first-order valence-corrected chi connectivity index (χ1v) is 6.51. The number of fused-ring (bicyclic) bond motifs is 1. The number of nitrogens with one attached hydrogen (secondary N) is 1. The summed E-state index contributed by atoms with van der Waals surface area (Å²) in [7, 11) is 3.08. The summed E-state index contributed by atoms with van der Waals surface area (Å²) in [5.41, 5.74) is 1.85. The zero-order valence-electron chi connectivity index (χ0n) is 11.9. The van der Waals surface area contributed by atoms with Gasteiger partial charge in [-0.3, -0.25) is 10.1 Å². The smallest absolute Gasteiger partial charge is 0.325 e. The summed E-state index contributed by atoms with van der Waals surface area (Å²) in [5, 5.41) is 3.38. The number of ether oxygens (including phenoxy) is 2. The van der Waals surface area contributed by atoms with E-state index in [0.29, 0.717) is 0 Å². The fourth-order valence-corrected chi connectivity index (χ4v) is 2.61. The average Bonchev–Trinajstić information content (AvgIpc) is 2.79. The van der Waals surface area contributed by atoms with Gasteiger partial charge in [0.05, 0.1) is 14.2 Å². The van der Waals surface area contributed by atoms with Crippen LogP contribution >= 0.6 is 0 Å². The highest BCUT2D eigenvalue weighted by Crippen LogP contribution is 2.35. The molecule has 1 aliphatic rings. The number of carbonyl (C=O) groups is 1. The topological polar surface area (TPSA) is 47.6 Å². The first-order chi connectivity index (χ1) is 8.97. The Bertz CT molecular complexity index is 482. The number of aryl methyl sites for hydroxylation is 1. The largest absolute Gasteiger partial charge is 0.497 e. The Balaban J connectivity index is 2.20. The van der Waals surface area contributed by atoms with Gasteiger partial charge in [0, 0.05) is 6.04 Å². The monoisotopic (exact) mass is 263 g/mol. The molecule has 0 fully saturated rings. The van der Waals surface area contributed by atoms with Gasteiger partial charge in [-0.25, -0.2) is 0 Å². The lowest BCUT2D eigenvalue weighted by Gasteiger charge is -2.28. The van der Waals surface area contributed by atoms with Gasteiger partial charge in [0.2, 0.25) is 0 Å². The van der Waals surface area contributed by atoms with Crippen molar-refractivity contribution in [1.29, 1.82) is 0 Å². The van der Waals surface area contributed by atoms with Crippen molar-refractivity contribution in [3.05, 3.63) is 29.3 Å². The van der Waals surface area contributed by atoms with E-state index in [1.54, 1.807) is 7.11 Å². The molecule has 0 saturated heterocycles. The number of hydrogen-bond donors (Lipinski definition) is 1. The summed E-state index contributed by atoms with van der Waals surface area (Å²) >= 11 is 0. The van der Waals surface area contributed by atoms with Crippen LogP contribution in [0, 0.1) is 0 Å². The third-order valence-electron chi connectivity index (χ3n) is 3.66. The van der Waals surface area contributed by atoms with Crippen LogP contribution in [-0.4, -0.2) is 25.7 Å². The number of rotatable bonds is 4. The first kappa shape index (κ1) is 13.9. The Morgan fingerprint density at radius 3 is 2.74 bits per heavy atom. The van der Waals surface area contributed by atoms with E-state index in [9.17, 15) is 4.79 Å². The van der Waals surface area contributed by atoms with Gasteiger partial charge < -0.3 is 9.47 Å².